The maximum atomic E-state index is 4.48. The highest BCUT2D eigenvalue weighted by atomic mass is 15.3. The zero-order valence-corrected chi connectivity index (χ0v) is 17.0. The van der Waals surface area contributed by atoms with Crippen molar-refractivity contribution in [2.45, 2.75) is 25.7 Å². The van der Waals surface area contributed by atoms with E-state index in [1.807, 2.05) is 31.4 Å². The zero-order chi connectivity index (χ0) is 19.9. The number of likely N-dealkylation sites (tertiary alicyclic amines) is 1. The van der Waals surface area contributed by atoms with Gasteiger partial charge in [-0.1, -0.05) is 48.0 Å². The molecular weight excluding hydrogens is 360 g/mol. The van der Waals surface area contributed by atoms with Crippen LogP contribution >= 0.6 is 0 Å². The van der Waals surface area contributed by atoms with Crippen molar-refractivity contribution in [3.63, 3.8) is 0 Å². The molecule has 1 saturated heterocycles. The van der Waals surface area contributed by atoms with E-state index in [1.54, 1.807) is 0 Å². The van der Waals surface area contributed by atoms with Crippen molar-refractivity contribution >= 4 is 17.7 Å². The Labute approximate surface area is 172 Å². The van der Waals surface area contributed by atoms with Gasteiger partial charge in [-0.2, -0.15) is 0 Å². The Morgan fingerprint density at radius 3 is 2.66 bits per heavy atom. The van der Waals surface area contributed by atoms with Crippen LogP contribution in [0.4, 0.5) is 0 Å². The van der Waals surface area contributed by atoms with Gasteiger partial charge in [0.05, 0.1) is 0 Å². The predicted molar refractivity (Wildman–Crippen MR) is 118 cm³/mol. The lowest BCUT2D eigenvalue weighted by Crippen LogP contribution is -2.44. The number of piperidine rings is 1. The largest absolute Gasteiger partial charge is 0.356 e. The topological polar surface area (TPSA) is 57.8 Å². The third-order valence-corrected chi connectivity index (χ3v) is 5.33. The summed E-state index contributed by atoms with van der Waals surface area (Å²) < 4.78 is 2.06. The van der Waals surface area contributed by atoms with Crippen LogP contribution in [0.15, 0.2) is 65.3 Å². The summed E-state index contributed by atoms with van der Waals surface area (Å²) in [6.45, 7) is 2.89. The third kappa shape index (κ3) is 4.83. The quantitative estimate of drug-likeness (QED) is 0.413. The van der Waals surface area contributed by atoms with Gasteiger partial charge in [0.25, 0.3) is 0 Å². The summed E-state index contributed by atoms with van der Waals surface area (Å²) in [7, 11) is 1.86. The maximum absolute atomic E-state index is 4.48. The van der Waals surface area contributed by atoms with E-state index in [1.165, 1.54) is 11.1 Å². The van der Waals surface area contributed by atoms with E-state index in [-0.39, 0.29) is 0 Å². The number of aryl methyl sites for hydroxylation is 1. The average molecular weight is 389 g/mol. The van der Waals surface area contributed by atoms with Gasteiger partial charge in [-0.25, -0.2) is 0 Å². The standard InChI is InChI=1S/C23H28N6/c1-24-23(25-14-7-11-22-27-26-21-10-5-6-15-29(21)22)28-16-12-20(13-17-28)18-19-8-3-2-4-9-19/h2-6,8-10,15,18H,7,11-14,16-17H2,1H3,(H,24,25). The lowest BCUT2D eigenvalue weighted by atomic mass is 10.0. The molecule has 1 aromatic carbocycles. The molecule has 0 bridgehead atoms. The minimum absolute atomic E-state index is 0.873. The summed E-state index contributed by atoms with van der Waals surface area (Å²) in [4.78, 5) is 6.84. The fourth-order valence-corrected chi connectivity index (χ4v) is 3.78. The van der Waals surface area contributed by atoms with Crippen LogP contribution in [0.2, 0.25) is 0 Å². The van der Waals surface area contributed by atoms with Crippen molar-refractivity contribution in [3.8, 4) is 0 Å². The molecule has 0 saturated carbocycles. The monoisotopic (exact) mass is 388 g/mol. The van der Waals surface area contributed by atoms with Crippen LogP contribution in [0.1, 0.15) is 30.7 Å². The van der Waals surface area contributed by atoms with E-state index < -0.39 is 0 Å². The second kappa shape index (κ2) is 9.37. The summed E-state index contributed by atoms with van der Waals surface area (Å²) in [6.07, 6.45) is 8.39. The molecule has 1 N–H and O–H groups in total. The summed E-state index contributed by atoms with van der Waals surface area (Å²) in [6, 6.07) is 16.6. The molecule has 29 heavy (non-hydrogen) atoms. The molecule has 0 spiro atoms. The maximum Gasteiger partial charge on any atom is 0.193 e. The first-order valence-electron chi connectivity index (χ1n) is 10.3. The highest BCUT2D eigenvalue weighted by Crippen LogP contribution is 2.19. The number of hydrogen-bond acceptors (Lipinski definition) is 3. The highest BCUT2D eigenvalue weighted by Gasteiger charge is 2.17. The number of nitrogens with zero attached hydrogens (tertiary/aromatic N) is 5. The molecule has 3 heterocycles. The summed E-state index contributed by atoms with van der Waals surface area (Å²) >= 11 is 0. The average Bonchev–Trinajstić information content (AvgIpc) is 3.18. The molecular formula is C23H28N6. The Hall–Kier alpha value is -3.15. The first-order chi connectivity index (χ1) is 14.3. The Morgan fingerprint density at radius 2 is 1.86 bits per heavy atom. The van der Waals surface area contributed by atoms with Gasteiger partial charge in [-0.05, 0) is 37.0 Å². The molecule has 1 fully saturated rings. The molecule has 2 aromatic heterocycles. The van der Waals surface area contributed by atoms with Crippen LogP contribution < -0.4 is 5.32 Å². The number of aliphatic imine (C=N–C) groups is 1. The zero-order valence-electron chi connectivity index (χ0n) is 17.0. The fraction of sp³-hybridized carbons (Fsp3) is 0.348. The molecule has 1 aliphatic rings. The predicted octanol–water partition coefficient (Wildman–Crippen LogP) is 3.42. The molecule has 0 radical (unpaired) electrons. The molecule has 6 nitrogen and oxygen atoms in total. The Morgan fingerprint density at radius 1 is 1.07 bits per heavy atom. The first-order valence-corrected chi connectivity index (χ1v) is 10.3. The number of fused-ring (bicyclic) bond motifs is 1. The lowest BCUT2D eigenvalue weighted by Gasteiger charge is -2.31. The lowest BCUT2D eigenvalue weighted by molar-refractivity contribution is 0.375. The van der Waals surface area contributed by atoms with Gasteiger partial charge in [-0.15, -0.1) is 10.2 Å². The molecule has 150 valence electrons. The number of guanidine groups is 1. The van der Waals surface area contributed by atoms with Gasteiger partial charge in [-0.3, -0.25) is 9.39 Å². The van der Waals surface area contributed by atoms with Crippen molar-refractivity contribution in [2.24, 2.45) is 4.99 Å². The minimum Gasteiger partial charge on any atom is -0.356 e. The van der Waals surface area contributed by atoms with E-state index >= 15 is 0 Å². The summed E-state index contributed by atoms with van der Waals surface area (Å²) in [5.41, 5.74) is 3.71. The van der Waals surface area contributed by atoms with Gasteiger partial charge in [0.1, 0.15) is 5.82 Å². The molecule has 0 amide bonds. The Kier molecular flexibility index (Phi) is 6.19. The van der Waals surface area contributed by atoms with Crippen LogP contribution in [0.25, 0.3) is 11.7 Å². The minimum atomic E-state index is 0.873. The number of nitrogens with one attached hydrogen (secondary N) is 1. The first kappa shape index (κ1) is 19.2. The molecule has 6 heteroatoms. The van der Waals surface area contributed by atoms with E-state index in [0.29, 0.717) is 0 Å². The second-order valence-electron chi connectivity index (χ2n) is 7.32. The molecule has 0 atom stereocenters. The van der Waals surface area contributed by atoms with E-state index in [4.69, 9.17) is 0 Å². The normalized spacial score (nSPS) is 15.0. The fourth-order valence-electron chi connectivity index (χ4n) is 3.78. The van der Waals surface area contributed by atoms with Gasteiger partial charge < -0.3 is 10.2 Å². The highest BCUT2D eigenvalue weighted by molar-refractivity contribution is 5.80. The van der Waals surface area contributed by atoms with Crippen LogP contribution in [-0.2, 0) is 6.42 Å². The molecule has 0 aliphatic carbocycles. The van der Waals surface area contributed by atoms with E-state index in [9.17, 15) is 0 Å². The van der Waals surface area contributed by atoms with Crippen molar-refractivity contribution in [1.29, 1.82) is 0 Å². The summed E-state index contributed by atoms with van der Waals surface area (Å²) in [5, 5.41) is 12.0. The van der Waals surface area contributed by atoms with Gasteiger partial charge >= 0.3 is 0 Å². The van der Waals surface area contributed by atoms with Crippen molar-refractivity contribution in [3.05, 3.63) is 71.7 Å². The number of pyridine rings is 1. The molecule has 4 rings (SSSR count). The number of hydrogen-bond donors (Lipinski definition) is 1. The van der Waals surface area contributed by atoms with Crippen LogP contribution in [-0.4, -0.2) is 52.1 Å². The molecule has 0 unspecified atom stereocenters. The van der Waals surface area contributed by atoms with E-state index in [0.717, 1.165) is 62.7 Å². The van der Waals surface area contributed by atoms with E-state index in [2.05, 4.69) is 66.2 Å². The Balaban J connectivity index is 1.24. The summed E-state index contributed by atoms with van der Waals surface area (Å²) in [5.74, 6) is 2.00. The third-order valence-electron chi connectivity index (χ3n) is 5.33. The molecule has 1 aliphatic heterocycles. The number of rotatable bonds is 5. The smallest absolute Gasteiger partial charge is 0.193 e. The Bertz CT molecular complexity index is 979. The van der Waals surface area contributed by atoms with Crippen molar-refractivity contribution < 1.29 is 0 Å². The van der Waals surface area contributed by atoms with Crippen molar-refractivity contribution in [1.82, 2.24) is 24.8 Å². The number of benzene rings is 1. The van der Waals surface area contributed by atoms with Gasteiger partial charge in [0.15, 0.2) is 11.6 Å². The van der Waals surface area contributed by atoms with Crippen LogP contribution in [0.5, 0.6) is 0 Å². The van der Waals surface area contributed by atoms with Crippen LogP contribution in [0.3, 0.4) is 0 Å². The van der Waals surface area contributed by atoms with Crippen molar-refractivity contribution in [2.75, 3.05) is 26.7 Å². The molecule has 3 aromatic rings. The van der Waals surface area contributed by atoms with Gasteiger partial charge in [0, 0.05) is 39.3 Å². The number of aromatic nitrogens is 3. The van der Waals surface area contributed by atoms with Gasteiger partial charge in [0.2, 0.25) is 0 Å². The van der Waals surface area contributed by atoms with Crippen LogP contribution in [0, 0.1) is 0 Å². The SMILES string of the molecule is CN=C(NCCCc1nnc2ccccn12)N1CCC(=Cc2ccccc2)CC1. The second-order valence-corrected chi connectivity index (χ2v) is 7.32.